The highest BCUT2D eigenvalue weighted by Gasteiger charge is 2.14. The zero-order chi connectivity index (χ0) is 15.3. The molecule has 1 rings (SSSR count). The van der Waals surface area contributed by atoms with E-state index >= 15 is 0 Å². The first-order valence-electron chi connectivity index (χ1n) is 6.23. The summed E-state index contributed by atoms with van der Waals surface area (Å²) in [6, 6.07) is 3.53. The number of aromatic nitrogens is 1. The summed E-state index contributed by atoms with van der Waals surface area (Å²) < 4.78 is 0. The molecule has 1 unspecified atom stereocenters. The van der Waals surface area contributed by atoms with Crippen molar-refractivity contribution in [3.8, 4) is 0 Å². The molecule has 0 bridgehead atoms. The predicted octanol–water partition coefficient (Wildman–Crippen LogP) is 0.602. The molecule has 1 aromatic heterocycles. The first kappa shape index (κ1) is 15.7. The van der Waals surface area contributed by atoms with E-state index < -0.39 is 0 Å². The molecule has 7 heteroatoms. The minimum absolute atomic E-state index is 0.105. The van der Waals surface area contributed by atoms with Gasteiger partial charge in [0.15, 0.2) is 0 Å². The van der Waals surface area contributed by atoms with E-state index in [1.54, 1.807) is 26.4 Å². The van der Waals surface area contributed by atoms with Crippen LogP contribution in [0, 0.1) is 5.92 Å². The van der Waals surface area contributed by atoms with Crippen LogP contribution < -0.4 is 10.6 Å². The summed E-state index contributed by atoms with van der Waals surface area (Å²) in [5, 5.41) is 11.6. The van der Waals surface area contributed by atoms with E-state index in [1.165, 1.54) is 4.90 Å². The fourth-order valence-electron chi connectivity index (χ4n) is 1.71. The molecular weight excluding hydrogens is 258 g/mol. The van der Waals surface area contributed by atoms with Crippen molar-refractivity contribution in [2.75, 3.05) is 32.6 Å². The predicted molar refractivity (Wildman–Crippen MR) is 78.1 cm³/mol. The third-order valence-electron chi connectivity index (χ3n) is 2.98. The highest BCUT2D eigenvalue weighted by Crippen LogP contribution is 2.15. The molecule has 110 valence electrons. The Balaban J connectivity index is 2.86. The van der Waals surface area contributed by atoms with Gasteiger partial charge in [-0.05, 0) is 12.1 Å². The van der Waals surface area contributed by atoms with Crippen molar-refractivity contribution < 1.29 is 10.0 Å². The third kappa shape index (κ3) is 3.84. The highest BCUT2D eigenvalue weighted by atomic mass is 16.4. The Morgan fingerprint density at radius 2 is 2.15 bits per heavy atom. The summed E-state index contributed by atoms with van der Waals surface area (Å²) in [7, 11) is 5.24. The van der Waals surface area contributed by atoms with Crippen molar-refractivity contribution in [1.82, 2.24) is 9.88 Å². The summed E-state index contributed by atoms with van der Waals surface area (Å²) in [5.41, 5.74) is 6.80. The van der Waals surface area contributed by atoms with Crippen LogP contribution in [0.3, 0.4) is 0 Å². The smallest absolute Gasteiger partial charge is 0.272 e. The molecule has 1 aromatic rings. The van der Waals surface area contributed by atoms with Crippen LogP contribution in [-0.4, -0.2) is 54.5 Å². The Hall–Kier alpha value is -2.31. The van der Waals surface area contributed by atoms with E-state index in [-0.39, 0.29) is 17.7 Å². The summed E-state index contributed by atoms with van der Waals surface area (Å²) >= 11 is 0. The SMILES string of the molecule is CC(CN(C)c1ccnc(C(=O)N(C)C)c1)C(N)=NO. The minimum atomic E-state index is -0.148. The lowest BCUT2D eigenvalue weighted by molar-refractivity contribution is 0.0822. The molecule has 0 saturated carbocycles. The highest BCUT2D eigenvalue weighted by molar-refractivity contribution is 5.92. The lowest BCUT2D eigenvalue weighted by Crippen LogP contribution is -2.33. The van der Waals surface area contributed by atoms with Gasteiger partial charge in [-0.2, -0.15) is 0 Å². The van der Waals surface area contributed by atoms with Gasteiger partial charge in [0, 0.05) is 45.5 Å². The van der Waals surface area contributed by atoms with Crippen molar-refractivity contribution >= 4 is 17.4 Å². The number of pyridine rings is 1. The summed E-state index contributed by atoms with van der Waals surface area (Å²) in [4.78, 5) is 19.3. The number of hydrogen-bond acceptors (Lipinski definition) is 5. The topological polar surface area (TPSA) is 95.1 Å². The first-order chi connectivity index (χ1) is 9.36. The van der Waals surface area contributed by atoms with Crippen LogP contribution in [-0.2, 0) is 0 Å². The number of amides is 1. The summed E-state index contributed by atoms with van der Waals surface area (Å²) in [5.74, 6) is -0.0774. The number of nitrogens with zero attached hydrogens (tertiary/aromatic N) is 4. The molecule has 0 saturated heterocycles. The van der Waals surface area contributed by atoms with Crippen LogP contribution in [0.15, 0.2) is 23.5 Å². The number of oxime groups is 1. The number of nitrogens with two attached hydrogens (primary N) is 1. The average Bonchev–Trinajstić information content (AvgIpc) is 2.45. The van der Waals surface area contributed by atoms with Gasteiger partial charge in [-0.3, -0.25) is 9.78 Å². The van der Waals surface area contributed by atoms with E-state index in [9.17, 15) is 4.79 Å². The molecule has 20 heavy (non-hydrogen) atoms. The van der Waals surface area contributed by atoms with E-state index in [0.717, 1.165) is 5.69 Å². The lowest BCUT2D eigenvalue weighted by atomic mass is 10.1. The summed E-state index contributed by atoms with van der Waals surface area (Å²) in [6.45, 7) is 2.42. The normalized spacial score (nSPS) is 12.9. The quantitative estimate of drug-likeness (QED) is 0.356. The van der Waals surface area contributed by atoms with Crippen LogP contribution in [0.1, 0.15) is 17.4 Å². The standard InChI is InChI=1S/C13H21N5O2/c1-9(12(14)16-20)8-18(4)10-5-6-15-11(7-10)13(19)17(2)3/h5-7,9,20H,8H2,1-4H3,(H2,14,16). The first-order valence-corrected chi connectivity index (χ1v) is 6.23. The number of rotatable bonds is 5. The minimum Gasteiger partial charge on any atom is -0.409 e. The number of anilines is 1. The molecule has 1 amide bonds. The van der Waals surface area contributed by atoms with Gasteiger partial charge in [0.05, 0.1) is 0 Å². The van der Waals surface area contributed by atoms with Crippen LogP contribution in [0.4, 0.5) is 5.69 Å². The largest absolute Gasteiger partial charge is 0.409 e. The van der Waals surface area contributed by atoms with Crippen LogP contribution in [0.5, 0.6) is 0 Å². The molecular formula is C13H21N5O2. The molecule has 3 N–H and O–H groups in total. The second-order valence-electron chi connectivity index (χ2n) is 4.91. The summed E-state index contributed by atoms with van der Waals surface area (Å²) in [6.07, 6.45) is 1.59. The van der Waals surface area contributed by atoms with Gasteiger partial charge in [0.1, 0.15) is 11.5 Å². The fourth-order valence-corrected chi connectivity index (χ4v) is 1.71. The molecule has 0 aliphatic carbocycles. The number of amidine groups is 1. The van der Waals surface area contributed by atoms with Gasteiger partial charge in [0.25, 0.3) is 5.91 Å². The van der Waals surface area contributed by atoms with E-state index in [1.807, 2.05) is 24.9 Å². The van der Waals surface area contributed by atoms with E-state index in [0.29, 0.717) is 12.2 Å². The van der Waals surface area contributed by atoms with Crippen molar-refractivity contribution in [3.63, 3.8) is 0 Å². The Morgan fingerprint density at radius 3 is 2.70 bits per heavy atom. The van der Waals surface area contributed by atoms with Gasteiger partial charge in [-0.15, -0.1) is 0 Å². The van der Waals surface area contributed by atoms with Gasteiger partial charge < -0.3 is 20.7 Å². The third-order valence-corrected chi connectivity index (χ3v) is 2.98. The van der Waals surface area contributed by atoms with Crippen molar-refractivity contribution in [2.24, 2.45) is 16.8 Å². The molecule has 7 nitrogen and oxygen atoms in total. The van der Waals surface area contributed by atoms with Crippen LogP contribution in [0.2, 0.25) is 0 Å². The fraction of sp³-hybridized carbons (Fsp3) is 0.462. The Kier molecular flexibility index (Phi) is 5.31. The monoisotopic (exact) mass is 279 g/mol. The molecule has 0 fully saturated rings. The maximum absolute atomic E-state index is 11.9. The molecule has 0 aliphatic heterocycles. The average molecular weight is 279 g/mol. The van der Waals surface area contributed by atoms with Crippen LogP contribution in [0.25, 0.3) is 0 Å². The van der Waals surface area contributed by atoms with Gasteiger partial charge >= 0.3 is 0 Å². The van der Waals surface area contributed by atoms with Crippen molar-refractivity contribution in [3.05, 3.63) is 24.0 Å². The molecule has 1 atom stereocenters. The molecule has 1 heterocycles. The Labute approximate surface area is 118 Å². The number of carbonyl (C=O) groups is 1. The van der Waals surface area contributed by atoms with Gasteiger partial charge in [-0.25, -0.2) is 0 Å². The second kappa shape index (κ2) is 6.74. The molecule has 0 aromatic carbocycles. The van der Waals surface area contributed by atoms with Crippen molar-refractivity contribution in [2.45, 2.75) is 6.92 Å². The Bertz CT molecular complexity index is 501. The number of hydrogen-bond donors (Lipinski definition) is 2. The van der Waals surface area contributed by atoms with E-state index in [4.69, 9.17) is 10.9 Å². The van der Waals surface area contributed by atoms with Crippen molar-refractivity contribution in [1.29, 1.82) is 0 Å². The zero-order valence-electron chi connectivity index (χ0n) is 12.2. The second-order valence-corrected chi connectivity index (χ2v) is 4.91. The lowest BCUT2D eigenvalue weighted by Gasteiger charge is -2.23. The van der Waals surface area contributed by atoms with Crippen LogP contribution >= 0.6 is 0 Å². The van der Waals surface area contributed by atoms with Gasteiger partial charge in [0.2, 0.25) is 0 Å². The zero-order valence-corrected chi connectivity index (χ0v) is 12.2. The van der Waals surface area contributed by atoms with E-state index in [2.05, 4.69) is 10.1 Å². The number of carbonyl (C=O) groups excluding carboxylic acids is 1. The molecule has 0 radical (unpaired) electrons. The molecule has 0 spiro atoms. The maximum atomic E-state index is 11.9. The Morgan fingerprint density at radius 1 is 1.50 bits per heavy atom. The van der Waals surface area contributed by atoms with Gasteiger partial charge in [-0.1, -0.05) is 12.1 Å². The molecule has 0 aliphatic rings. The maximum Gasteiger partial charge on any atom is 0.272 e.